The Balaban J connectivity index is 1.55. The lowest BCUT2D eigenvalue weighted by Gasteiger charge is -2.09. The third-order valence-corrected chi connectivity index (χ3v) is 5.38. The predicted molar refractivity (Wildman–Crippen MR) is 75.7 cm³/mol. The molecule has 0 aliphatic heterocycles. The molecule has 0 saturated heterocycles. The van der Waals surface area contributed by atoms with Crippen molar-refractivity contribution in [3.05, 3.63) is 17.9 Å². The highest BCUT2D eigenvalue weighted by Gasteiger charge is 2.23. The van der Waals surface area contributed by atoms with E-state index in [9.17, 15) is 8.42 Å². The molecule has 0 amide bonds. The lowest BCUT2D eigenvalue weighted by atomic mass is 10.1. The zero-order chi connectivity index (χ0) is 14.0. The zero-order valence-corrected chi connectivity index (χ0v) is 12.4. The Hall–Kier alpha value is -0.850. The maximum Gasteiger partial charge on any atom is 0.273 e. The van der Waals surface area contributed by atoms with Crippen LogP contribution in [0.25, 0.3) is 0 Å². The summed E-state index contributed by atoms with van der Waals surface area (Å²) in [6, 6.07) is 3.86. The van der Waals surface area contributed by atoms with Crippen molar-refractivity contribution in [2.24, 2.45) is 5.92 Å². The molecule has 20 heavy (non-hydrogen) atoms. The van der Waals surface area contributed by atoms with E-state index in [0.717, 1.165) is 12.8 Å². The fraction of sp³-hybridized carbons (Fsp3) is 0.714. The van der Waals surface area contributed by atoms with E-state index >= 15 is 0 Å². The van der Waals surface area contributed by atoms with Gasteiger partial charge >= 0.3 is 0 Å². The van der Waals surface area contributed by atoms with E-state index in [1.165, 1.54) is 25.7 Å². The van der Waals surface area contributed by atoms with Gasteiger partial charge in [0.1, 0.15) is 5.76 Å². The van der Waals surface area contributed by atoms with E-state index < -0.39 is 10.0 Å². The molecule has 0 bridgehead atoms. The highest BCUT2D eigenvalue weighted by atomic mass is 32.2. The van der Waals surface area contributed by atoms with Crippen LogP contribution < -0.4 is 10.0 Å². The molecule has 0 aromatic carbocycles. The second-order valence-corrected chi connectivity index (χ2v) is 7.58. The average Bonchev–Trinajstić information content (AvgIpc) is 2.94. The molecule has 2 aliphatic carbocycles. The SMILES string of the molecule is O=S(=O)(NCC1CCCC1)c1ccc(CNC2CC2)o1. The van der Waals surface area contributed by atoms with Crippen molar-refractivity contribution in [1.29, 1.82) is 0 Å². The summed E-state index contributed by atoms with van der Waals surface area (Å²) >= 11 is 0. The van der Waals surface area contributed by atoms with Crippen LogP contribution in [0.4, 0.5) is 0 Å². The van der Waals surface area contributed by atoms with Crippen LogP contribution in [0.3, 0.4) is 0 Å². The van der Waals surface area contributed by atoms with Crippen LogP contribution in [-0.4, -0.2) is 21.0 Å². The molecule has 112 valence electrons. The number of sulfonamides is 1. The van der Waals surface area contributed by atoms with E-state index in [2.05, 4.69) is 10.0 Å². The average molecular weight is 298 g/mol. The van der Waals surface area contributed by atoms with Crippen molar-refractivity contribution in [1.82, 2.24) is 10.0 Å². The Morgan fingerprint density at radius 3 is 2.60 bits per heavy atom. The summed E-state index contributed by atoms with van der Waals surface area (Å²) in [5.41, 5.74) is 0. The first kappa shape index (κ1) is 14.1. The van der Waals surface area contributed by atoms with E-state index in [1.54, 1.807) is 12.1 Å². The van der Waals surface area contributed by atoms with Crippen molar-refractivity contribution in [2.45, 2.75) is 56.2 Å². The van der Waals surface area contributed by atoms with Crippen molar-refractivity contribution >= 4 is 10.0 Å². The summed E-state index contributed by atoms with van der Waals surface area (Å²) in [6.45, 7) is 1.13. The van der Waals surface area contributed by atoms with Gasteiger partial charge in [-0.15, -0.1) is 0 Å². The van der Waals surface area contributed by atoms with Crippen LogP contribution in [0, 0.1) is 5.92 Å². The predicted octanol–water partition coefficient (Wildman–Crippen LogP) is 2.00. The quantitative estimate of drug-likeness (QED) is 0.807. The molecule has 0 unspecified atom stereocenters. The van der Waals surface area contributed by atoms with Gasteiger partial charge in [0.2, 0.25) is 5.09 Å². The lowest BCUT2D eigenvalue weighted by molar-refractivity contribution is 0.397. The van der Waals surface area contributed by atoms with Crippen LogP contribution >= 0.6 is 0 Å². The summed E-state index contributed by atoms with van der Waals surface area (Å²) in [5.74, 6) is 1.16. The van der Waals surface area contributed by atoms with Crippen LogP contribution in [0.5, 0.6) is 0 Å². The molecule has 0 spiro atoms. The third kappa shape index (κ3) is 3.62. The van der Waals surface area contributed by atoms with E-state index in [1.807, 2.05) is 0 Å². The first-order valence-corrected chi connectivity index (χ1v) is 8.93. The van der Waals surface area contributed by atoms with Gasteiger partial charge < -0.3 is 9.73 Å². The molecule has 1 aromatic rings. The highest BCUT2D eigenvalue weighted by Crippen LogP contribution is 2.24. The second kappa shape index (κ2) is 5.87. The summed E-state index contributed by atoms with van der Waals surface area (Å²) in [7, 11) is -3.49. The van der Waals surface area contributed by atoms with Crippen LogP contribution in [0.1, 0.15) is 44.3 Å². The van der Waals surface area contributed by atoms with Crippen molar-refractivity contribution in [3.63, 3.8) is 0 Å². The standard InChI is InChI=1S/C14H22N2O3S/c17-20(18,16-9-11-3-1-2-4-11)14-8-7-13(19-14)10-15-12-5-6-12/h7-8,11-12,15-16H,1-6,9-10H2. The summed E-state index contributed by atoms with van der Waals surface area (Å²) in [4.78, 5) is 0. The smallest absolute Gasteiger partial charge is 0.273 e. The van der Waals surface area contributed by atoms with Gasteiger partial charge in [-0.2, -0.15) is 0 Å². The summed E-state index contributed by atoms with van der Waals surface area (Å²) < 4.78 is 32.3. The topological polar surface area (TPSA) is 71.3 Å². The monoisotopic (exact) mass is 298 g/mol. The van der Waals surface area contributed by atoms with Crippen molar-refractivity contribution in [3.8, 4) is 0 Å². The molecule has 3 rings (SSSR count). The minimum absolute atomic E-state index is 0.0306. The van der Waals surface area contributed by atoms with E-state index in [0.29, 0.717) is 30.8 Å². The minimum Gasteiger partial charge on any atom is -0.447 e. The number of rotatable bonds is 7. The van der Waals surface area contributed by atoms with Crippen LogP contribution in [0.15, 0.2) is 21.6 Å². The third-order valence-electron chi connectivity index (χ3n) is 4.08. The summed E-state index contributed by atoms with van der Waals surface area (Å²) in [6.07, 6.45) is 7.08. The van der Waals surface area contributed by atoms with Gasteiger partial charge in [0, 0.05) is 12.6 Å². The zero-order valence-electron chi connectivity index (χ0n) is 11.6. The molecule has 1 heterocycles. The molecule has 6 heteroatoms. The first-order chi connectivity index (χ1) is 9.63. The number of furan rings is 1. The molecule has 2 fully saturated rings. The van der Waals surface area contributed by atoms with Crippen molar-refractivity contribution < 1.29 is 12.8 Å². The number of hydrogen-bond acceptors (Lipinski definition) is 4. The molecule has 2 aliphatic rings. The second-order valence-electron chi connectivity index (χ2n) is 5.88. The van der Waals surface area contributed by atoms with Crippen molar-refractivity contribution in [2.75, 3.05) is 6.54 Å². The van der Waals surface area contributed by atoms with Gasteiger partial charge in [0.15, 0.2) is 0 Å². The lowest BCUT2D eigenvalue weighted by Crippen LogP contribution is -2.28. The molecular weight excluding hydrogens is 276 g/mol. The summed E-state index contributed by atoms with van der Waals surface area (Å²) in [5, 5.41) is 3.34. The fourth-order valence-corrected chi connectivity index (χ4v) is 3.70. The first-order valence-electron chi connectivity index (χ1n) is 7.45. The van der Waals surface area contributed by atoms with Gasteiger partial charge in [-0.1, -0.05) is 12.8 Å². The van der Waals surface area contributed by atoms with Gasteiger partial charge in [-0.3, -0.25) is 0 Å². The highest BCUT2D eigenvalue weighted by molar-refractivity contribution is 7.89. The number of hydrogen-bond donors (Lipinski definition) is 2. The maximum absolute atomic E-state index is 12.1. The van der Waals surface area contributed by atoms with Gasteiger partial charge in [-0.25, -0.2) is 13.1 Å². The Morgan fingerprint density at radius 2 is 1.90 bits per heavy atom. The Bertz CT molecular complexity index is 543. The van der Waals surface area contributed by atoms with Crippen LogP contribution in [0.2, 0.25) is 0 Å². The van der Waals surface area contributed by atoms with E-state index in [-0.39, 0.29) is 5.09 Å². The molecule has 2 N–H and O–H groups in total. The van der Waals surface area contributed by atoms with Crippen LogP contribution in [-0.2, 0) is 16.6 Å². The molecule has 2 saturated carbocycles. The number of nitrogens with one attached hydrogen (secondary N) is 2. The largest absolute Gasteiger partial charge is 0.447 e. The molecule has 1 aromatic heterocycles. The van der Waals surface area contributed by atoms with Gasteiger partial charge in [-0.05, 0) is 43.7 Å². The van der Waals surface area contributed by atoms with Gasteiger partial charge in [0.05, 0.1) is 6.54 Å². The Kier molecular flexibility index (Phi) is 4.14. The van der Waals surface area contributed by atoms with E-state index in [4.69, 9.17) is 4.42 Å². The molecule has 0 radical (unpaired) electrons. The normalized spacial score (nSPS) is 20.6. The molecule has 5 nitrogen and oxygen atoms in total. The minimum atomic E-state index is -3.49. The molecular formula is C14H22N2O3S. The maximum atomic E-state index is 12.1. The molecule has 0 atom stereocenters. The van der Waals surface area contributed by atoms with Gasteiger partial charge in [0.25, 0.3) is 10.0 Å². The Labute approximate surface area is 120 Å². The fourth-order valence-electron chi connectivity index (χ4n) is 2.64. The Morgan fingerprint density at radius 1 is 1.15 bits per heavy atom.